The van der Waals surface area contributed by atoms with Crippen LogP contribution in [-0.4, -0.2) is 24.1 Å². The number of nitrogens with zero attached hydrogens (tertiary/aromatic N) is 2. The monoisotopic (exact) mass is 291 g/mol. The van der Waals surface area contributed by atoms with E-state index < -0.39 is 0 Å². The van der Waals surface area contributed by atoms with Gasteiger partial charge in [-0.25, -0.2) is 0 Å². The first-order valence-electron chi connectivity index (χ1n) is 7.70. The summed E-state index contributed by atoms with van der Waals surface area (Å²) in [4.78, 5) is 2.39. The third-order valence-corrected chi connectivity index (χ3v) is 4.03. The van der Waals surface area contributed by atoms with Crippen molar-refractivity contribution in [3.05, 3.63) is 29.8 Å². The van der Waals surface area contributed by atoms with Crippen molar-refractivity contribution in [2.75, 3.05) is 18.0 Å². The van der Waals surface area contributed by atoms with Crippen LogP contribution in [0.25, 0.3) is 0 Å². The number of hydrogen-bond acceptors (Lipinski definition) is 3. The molecule has 3 N–H and O–H groups in total. The van der Waals surface area contributed by atoms with Crippen molar-refractivity contribution in [2.45, 2.75) is 47.0 Å². The quantitative estimate of drug-likeness (QED) is 0.252. The molecule has 0 heterocycles. The van der Waals surface area contributed by atoms with Gasteiger partial charge < -0.3 is 15.8 Å². The van der Waals surface area contributed by atoms with Crippen LogP contribution in [0.5, 0.6) is 0 Å². The summed E-state index contributed by atoms with van der Waals surface area (Å²) in [5.41, 5.74) is 8.05. The highest BCUT2D eigenvalue weighted by atomic mass is 16.4. The first kappa shape index (κ1) is 17.3. The van der Waals surface area contributed by atoms with Crippen molar-refractivity contribution in [3.63, 3.8) is 0 Å². The van der Waals surface area contributed by atoms with Crippen LogP contribution in [0.3, 0.4) is 0 Å². The number of amidine groups is 1. The third-order valence-electron chi connectivity index (χ3n) is 4.03. The maximum absolute atomic E-state index is 8.78. The molecule has 0 aliphatic carbocycles. The molecule has 0 atom stereocenters. The molecular formula is C17H29N3O. The lowest BCUT2D eigenvalue weighted by Gasteiger charge is -2.26. The molecule has 0 radical (unpaired) electrons. The molecule has 0 aliphatic rings. The first-order valence-corrected chi connectivity index (χ1v) is 7.70. The number of anilines is 1. The van der Waals surface area contributed by atoms with Crippen LogP contribution < -0.4 is 10.6 Å². The minimum absolute atomic E-state index is 0.241. The molecule has 0 spiro atoms. The first-order chi connectivity index (χ1) is 9.90. The van der Waals surface area contributed by atoms with Crippen molar-refractivity contribution in [2.24, 2.45) is 16.3 Å². The van der Waals surface area contributed by atoms with Crippen molar-refractivity contribution in [3.8, 4) is 0 Å². The highest BCUT2D eigenvalue weighted by molar-refractivity contribution is 5.85. The van der Waals surface area contributed by atoms with Gasteiger partial charge in [0, 0.05) is 24.2 Å². The second kappa shape index (κ2) is 7.91. The summed E-state index contributed by atoms with van der Waals surface area (Å²) in [6.45, 7) is 10.4. The normalized spacial score (nSPS) is 12.5. The van der Waals surface area contributed by atoms with Gasteiger partial charge in [0.25, 0.3) is 0 Å². The van der Waals surface area contributed by atoms with E-state index in [0.717, 1.165) is 32.4 Å². The Labute approximate surface area is 128 Å². The summed E-state index contributed by atoms with van der Waals surface area (Å²) in [6, 6.07) is 8.62. The lowest BCUT2D eigenvalue weighted by atomic mass is 9.86. The Balaban J connectivity index is 2.47. The van der Waals surface area contributed by atoms with E-state index in [1.807, 2.05) is 13.8 Å². The Morgan fingerprint density at radius 2 is 2.05 bits per heavy atom. The molecule has 1 aromatic rings. The van der Waals surface area contributed by atoms with Gasteiger partial charge in [-0.05, 0) is 44.4 Å². The fourth-order valence-electron chi connectivity index (χ4n) is 2.43. The molecule has 0 aromatic heterocycles. The zero-order valence-corrected chi connectivity index (χ0v) is 13.8. The molecule has 0 unspecified atom stereocenters. The van der Waals surface area contributed by atoms with E-state index in [1.165, 1.54) is 11.3 Å². The molecule has 0 fully saturated rings. The van der Waals surface area contributed by atoms with Crippen LogP contribution in [0.2, 0.25) is 0 Å². The average molecular weight is 291 g/mol. The molecule has 4 heteroatoms. The third kappa shape index (κ3) is 5.29. The number of hydrogen-bond donors (Lipinski definition) is 2. The molecule has 118 valence electrons. The predicted octanol–water partition coefficient (Wildman–Crippen LogP) is 3.76. The molecule has 0 bridgehead atoms. The molecular weight excluding hydrogens is 262 g/mol. The SMILES string of the molecule is CCN(CCCCC(C)(C)/C(N)=N/O)c1cccc(C)c1. The Morgan fingerprint density at radius 1 is 1.33 bits per heavy atom. The smallest absolute Gasteiger partial charge is 0.144 e. The van der Waals surface area contributed by atoms with E-state index in [2.05, 4.69) is 48.2 Å². The van der Waals surface area contributed by atoms with E-state index in [9.17, 15) is 0 Å². The van der Waals surface area contributed by atoms with Gasteiger partial charge in [-0.2, -0.15) is 0 Å². The van der Waals surface area contributed by atoms with Gasteiger partial charge in [0.1, 0.15) is 5.84 Å². The van der Waals surface area contributed by atoms with E-state index in [1.54, 1.807) is 0 Å². The summed E-state index contributed by atoms with van der Waals surface area (Å²) in [7, 11) is 0. The summed E-state index contributed by atoms with van der Waals surface area (Å²) in [5, 5.41) is 11.9. The molecule has 21 heavy (non-hydrogen) atoms. The van der Waals surface area contributed by atoms with Crippen LogP contribution in [0, 0.1) is 12.3 Å². The number of aryl methyl sites for hydroxylation is 1. The predicted molar refractivity (Wildman–Crippen MR) is 90.1 cm³/mol. The van der Waals surface area contributed by atoms with Gasteiger partial charge in [-0.1, -0.05) is 37.6 Å². The number of rotatable bonds is 8. The maximum Gasteiger partial charge on any atom is 0.144 e. The van der Waals surface area contributed by atoms with E-state index in [0.29, 0.717) is 5.84 Å². The molecule has 0 amide bonds. The highest BCUT2D eigenvalue weighted by Gasteiger charge is 2.22. The van der Waals surface area contributed by atoms with Gasteiger partial charge in [-0.3, -0.25) is 0 Å². The van der Waals surface area contributed by atoms with Crippen LogP contribution >= 0.6 is 0 Å². The molecule has 1 rings (SSSR count). The lowest BCUT2D eigenvalue weighted by molar-refractivity contribution is 0.304. The van der Waals surface area contributed by atoms with Crippen molar-refractivity contribution in [1.82, 2.24) is 0 Å². The molecule has 1 aromatic carbocycles. The molecule has 0 aliphatic heterocycles. The lowest BCUT2D eigenvalue weighted by Crippen LogP contribution is -2.32. The Bertz CT molecular complexity index is 469. The number of unbranched alkanes of at least 4 members (excludes halogenated alkanes) is 1. The van der Waals surface area contributed by atoms with Crippen LogP contribution in [-0.2, 0) is 0 Å². The van der Waals surface area contributed by atoms with Gasteiger partial charge in [-0.15, -0.1) is 0 Å². The fourth-order valence-corrected chi connectivity index (χ4v) is 2.43. The summed E-state index contributed by atoms with van der Waals surface area (Å²) in [6.07, 6.45) is 3.09. The van der Waals surface area contributed by atoms with Crippen molar-refractivity contribution >= 4 is 11.5 Å². The minimum Gasteiger partial charge on any atom is -0.409 e. The van der Waals surface area contributed by atoms with Crippen molar-refractivity contribution in [1.29, 1.82) is 0 Å². The Hall–Kier alpha value is -1.71. The Morgan fingerprint density at radius 3 is 2.62 bits per heavy atom. The van der Waals surface area contributed by atoms with E-state index in [4.69, 9.17) is 10.9 Å². The largest absolute Gasteiger partial charge is 0.409 e. The second-order valence-electron chi connectivity index (χ2n) is 6.24. The number of oxime groups is 1. The van der Waals surface area contributed by atoms with Crippen LogP contribution in [0.15, 0.2) is 29.4 Å². The number of nitrogens with two attached hydrogens (primary N) is 1. The molecule has 4 nitrogen and oxygen atoms in total. The van der Waals surface area contributed by atoms with Gasteiger partial charge in [0.05, 0.1) is 0 Å². The van der Waals surface area contributed by atoms with Crippen molar-refractivity contribution < 1.29 is 5.21 Å². The van der Waals surface area contributed by atoms with E-state index >= 15 is 0 Å². The number of benzene rings is 1. The van der Waals surface area contributed by atoms with Gasteiger partial charge in [0.2, 0.25) is 0 Å². The van der Waals surface area contributed by atoms with Crippen LogP contribution in [0.1, 0.15) is 45.6 Å². The summed E-state index contributed by atoms with van der Waals surface area (Å²) in [5.74, 6) is 0.313. The average Bonchev–Trinajstić information content (AvgIpc) is 2.46. The summed E-state index contributed by atoms with van der Waals surface area (Å²) >= 11 is 0. The Kier molecular flexibility index (Phi) is 6.53. The maximum atomic E-state index is 8.78. The standard InChI is InChI=1S/C17H29N3O/c1-5-20(15-10-8-9-14(2)13-15)12-7-6-11-17(3,4)16(18)19-21/h8-10,13,21H,5-7,11-12H2,1-4H3,(H2,18,19). The molecule has 0 saturated carbocycles. The second-order valence-corrected chi connectivity index (χ2v) is 6.24. The summed E-state index contributed by atoms with van der Waals surface area (Å²) < 4.78 is 0. The van der Waals surface area contributed by atoms with Crippen LogP contribution in [0.4, 0.5) is 5.69 Å². The zero-order chi connectivity index (χ0) is 15.9. The van der Waals surface area contributed by atoms with E-state index in [-0.39, 0.29) is 5.41 Å². The minimum atomic E-state index is -0.241. The zero-order valence-electron chi connectivity index (χ0n) is 13.8. The van der Waals surface area contributed by atoms with Gasteiger partial charge in [0.15, 0.2) is 0 Å². The molecule has 0 saturated heterocycles. The highest BCUT2D eigenvalue weighted by Crippen LogP contribution is 2.24. The van der Waals surface area contributed by atoms with Gasteiger partial charge >= 0.3 is 0 Å². The topological polar surface area (TPSA) is 61.8 Å². The fraction of sp³-hybridized carbons (Fsp3) is 0.588.